The number of hydrogen-bond donors (Lipinski definition) is 1. The van der Waals surface area contributed by atoms with Crippen LogP contribution in [-0.2, 0) is 6.42 Å². The zero-order valence-corrected chi connectivity index (χ0v) is 7.66. The first-order valence-corrected chi connectivity index (χ1v) is 4.72. The molecule has 1 N–H and O–H groups in total. The second-order valence-electron chi connectivity index (χ2n) is 3.40. The molecule has 1 aliphatic heterocycles. The third-order valence-electron chi connectivity index (χ3n) is 2.53. The summed E-state index contributed by atoms with van der Waals surface area (Å²) < 4.78 is 5.27. The molecule has 0 unspecified atom stereocenters. The number of rotatable bonds is 0. The van der Waals surface area contributed by atoms with Crippen molar-refractivity contribution in [2.75, 3.05) is 11.9 Å². The van der Waals surface area contributed by atoms with Crippen molar-refractivity contribution in [2.24, 2.45) is 0 Å². The van der Waals surface area contributed by atoms with E-state index in [1.165, 1.54) is 5.56 Å². The van der Waals surface area contributed by atoms with E-state index in [1.807, 2.05) is 12.1 Å². The summed E-state index contributed by atoms with van der Waals surface area (Å²) >= 11 is 0. The molecule has 1 aromatic carbocycles. The Labute approximate surface area is 81.7 Å². The molecule has 3 heteroatoms. The Bertz CT molecular complexity index is 462. The average molecular weight is 186 g/mol. The van der Waals surface area contributed by atoms with Crippen LogP contribution in [0, 0.1) is 0 Å². The summed E-state index contributed by atoms with van der Waals surface area (Å²) in [5.74, 6) is 0.908. The number of para-hydroxylation sites is 1. The van der Waals surface area contributed by atoms with E-state index >= 15 is 0 Å². The highest BCUT2D eigenvalue weighted by atomic mass is 16.5. The Morgan fingerprint density at radius 1 is 1.29 bits per heavy atom. The number of anilines is 1. The molecule has 3 nitrogen and oxygen atoms in total. The molecule has 1 aromatic heterocycles. The fraction of sp³-hybridized carbons (Fsp3) is 0.182. The SMILES string of the molecule is c1ccc2c(c1)NCCc1cnoc1-2. The largest absolute Gasteiger partial charge is 0.384 e. The number of nitrogens with one attached hydrogen (secondary N) is 1. The van der Waals surface area contributed by atoms with Crippen LogP contribution in [0.15, 0.2) is 35.0 Å². The molecule has 0 spiro atoms. The Balaban J connectivity index is 2.27. The molecule has 3 rings (SSSR count). The molecular formula is C11H10N2O. The van der Waals surface area contributed by atoms with Gasteiger partial charge in [0.15, 0.2) is 5.76 Å². The zero-order chi connectivity index (χ0) is 9.38. The number of hydrogen-bond acceptors (Lipinski definition) is 3. The van der Waals surface area contributed by atoms with Gasteiger partial charge in [-0.3, -0.25) is 0 Å². The van der Waals surface area contributed by atoms with E-state index in [9.17, 15) is 0 Å². The summed E-state index contributed by atoms with van der Waals surface area (Å²) in [7, 11) is 0. The quantitative estimate of drug-likeness (QED) is 0.686. The minimum absolute atomic E-state index is 0.908. The highest BCUT2D eigenvalue weighted by molar-refractivity contribution is 5.77. The highest BCUT2D eigenvalue weighted by Crippen LogP contribution is 2.32. The lowest BCUT2D eigenvalue weighted by atomic mass is 10.1. The van der Waals surface area contributed by atoms with Gasteiger partial charge in [-0.25, -0.2) is 0 Å². The van der Waals surface area contributed by atoms with Gasteiger partial charge in [-0.15, -0.1) is 0 Å². The minimum atomic E-state index is 0.908. The summed E-state index contributed by atoms with van der Waals surface area (Å²) in [6.45, 7) is 0.936. The molecule has 2 aromatic rings. The lowest BCUT2D eigenvalue weighted by Gasteiger charge is -2.04. The van der Waals surface area contributed by atoms with Crippen molar-refractivity contribution in [1.29, 1.82) is 0 Å². The van der Waals surface area contributed by atoms with E-state index in [0.29, 0.717) is 0 Å². The summed E-state index contributed by atoms with van der Waals surface area (Å²) in [5.41, 5.74) is 3.42. The average Bonchev–Trinajstić information content (AvgIpc) is 2.61. The van der Waals surface area contributed by atoms with Crippen molar-refractivity contribution < 1.29 is 4.52 Å². The molecule has 70 valence electrons. The van der Waals surface area contributed by atoms with Crippen LogP contribution >= 0.6 is 0 Å². The van der Waals surface area contributed by atoms with E-state index in [2.05, 4.69) is 22.6 Å². The lowest BCUT2D eigenvalue weighted by Crippen LogP contribution is -2.01. The molecule has 0 fully saturated rings. The van der Waals surface area contributed by atoms with Crippen LogP contribution in [0.25, 0.3) is 11.3 Å². The summed E-state index contributed by atoms with van der Waals surface area (Å²) in [6, 6.07) is 8.15. The van der Waals surface area contributed by atoms with Gasteiger partial charge in [-0.05, 0) is 18.6 Å². The van der Waals surface area contributed by atoms with Crippen LogP contribution in [0.1, 0.15) is 5.56 Å². The number of fused-ring (bicyclic) bond motifs is 3. The lowest BCUT2D eigenvalue weighted by molar-refractivity contribution is 0.432. The molecule has 14 heavy (non-hydrogen) atoms. The maximum absolute atomic E-state index is 5.27. The van der Waals surface area contributed by atoms with Gasteiger partial charge in [0.05, 0.1) is 6.20 Å². The normalized spacial score (nSPS) is 13.7. The number of aromatic nitrogens is 1. The molecule has 0 radical (unpaired) electrons. The van der Waals surface area contributed by atoms with E-state index in [0.717, 1.165) is 30.0 Å². The molecule has 0 saturated carbocycles. The molecule has 0 atom stereocenters. The van der Waals surface area contributed by atoms with Crippen molar-refractivity contribution in [2.45, 2.75) is 6.42 Å². The Morgan fingerprint density at radius 3 is 3.21 bits per heavy atom. The van der Waals surface area contributed by atoms with Gasteiger partial charge in [-0.1, -0.05) is 17.3 Å². The van der Waals surface area contributed by atoms with Crippen molar-refractivity contribution in [3.63, 3.8) is 0 Å². The molecule has 1 aliphatic rings. The topological polar surface area (TPSA) is 38.1 Å². The Morgan fingerprint density at radius 2 is 2.21 bits per heavy atom. The van der Waals surface area contributed by atoms with Crippen molar-refractivity contribution in [1.82, 2.24) is 5.16 Å². The van der Waals surface area contributed by atoms with Gasteiger partial charge in [0.1, 0.15) is 0 Å². The number of nitrogens with zero attached hydrogens (tertiary/aromatic N) is 1. The van der Waals surface area contributed by atoms with Gasteiger partial charge >= 0.3 is 0 Å². The van der Waals surface area contributed by atoms with Crippen molar-refractivity contribution in [3.05, 3.63) is 36.0 Å². The van der Waals surface area contributed by atoms with Crippen molar-refractivity contribution in [3.8, 4) is 11.3 Å². The first kappa shape index (κ1) is 7.62. The van der Waals surface area contributed by atoms with Crippen LogP contribution in [0.2, 0.25) is 0 Å². The number of benzene rings is 1. The van der Waals surface area contributed by atoms with Gasteiger partial charge in [0, 0.05) is 23.4 Å². The van der Waals surface area contributed by atoms with E-state index in [4.69, 9.17) is 4.52 Å². The predicted octanol–water partition coefficient (Wildman–Crippen LogP) is 2.31. The van der Waals surface area contributed by atoms with E-state index < -0.39 is 0 Å². The molecule has 2 heterocycles. The Hall–Kier alpha value is -1.77. The van der Waals surface area contributed by atoms with Gasteiger partial charge < -0.3 is 9.84 Å². The summed E-state index contributed by atoms with van der Waals surface area (Å²) in [6.07, 6.45) is 2.77. The van der Waals surface area contributed by atoms with Crippen LogP contribution < -0.4 is 5.32 Å². The van der Waals surface area contributed by atoms with Crippen LogP contribution in [0.5, 0.6) is 0 Å². The van der Waals surface area contributed by atoms with Crippen molar-refractivity contribution >= 4 is 5.69 Å². The van der Waals surface area contributed by atoms with Crippen LogP contribution in [0.3, 0.4) is 0 Å². The fourth-order valence-electron chi connectivity index (χ4n) is 1.83. The minimum Gasteiger partial charge on any atom is -0.384 e. The second kappa shape index (κ2) is 2.87. The van der Waals surface area contributed by atoms with E-state index in [-0.39, 0.29) is 0 Å². The second-order valence-corrected chi connectivity index (χ2v) is 3.40. The summed E-state index contributed by atoms with van der Waals surface area (Å²) in [5, 5.41) is 7.21. The fourth-order valence-corrected chi connectivity index (χ4v) is 1.83. The molecular weight excluding hydrogens is 176 g/mol. The highest BCUT2D eigenvalue weighted by Gasteiger charge is 2.16. The van der Waals surface area contributed by atoms with Gasteiger partial charge in [0.25, 0.3) is 0 Å². The third kappa shape index (κ3) is 1.02. The maximum atomic E-state index is 5.27. The predicted molar refractivity (Wildman–Crippen MR) is 54.1 cm³/mol. The Kier molecular flexibility index (Phi) is 1.56. The zero-order valence-electron chi connectivity index (χ0n) is 7.66. The molecule has 0 saturated heterocycles. The monoisotopic (exact) mass is 186 g/mol. The molecule has 0 amide bonds. The molecule has 0 bridgehead atoms. The van der Waals surface area contributed by atoms with Crippen LogP contribution in [-0.4, -0.2) is 11.7 Å². The first-order valence-electron chi connectivity index (χ1n) is 4.72. The van der Waals surface area contributed by atoms with Gasteiger partial charge in [0.2, 0.25) is 0 Å². The van der Waals surface area contributed by atoms with Crippen LogP contribution in [0.4, 0.5) is 5.69 Å². The first-order chi connectivity index (χ1) is 6.95. The smallest absolute Gasteiger partial charge is 0.172 e. The standard InChI is InChI=1S/C11H10N2O/c1-2-4-10-9(3-1)11-8(5-6-12-10)7-13-14-11/h1-4,7,12H,5-6H2. The molecule has 0 aliphatic carbocycles. The van der Waals surface area contributed by atoms with E-state index in [1.54, 1.807) is 6.20 Å². The maximum Gasteiger partial charge on any atom is 0.172 e. The summed E-state index contributed by atoms with van der Waals surface area (Å²) in [4.78, 5) is 0. The third-order valence-corrected chi connectivity index (χ3v) is 2.53. The van der Waals surface area contributed by atoms with Gasteiger partial charge in [-0.2, -0.15) is 0 Å².